The molecule has 0 atom stereocenters. The molecule has 0 aliphatic rings. The molecule has 0 amide bonds. The highest BCUT2D eigenvalue weighted by molar-refractivity contribution is 5.77. The molecule has 0 aliphatic heterocycles. The Morgan fingerprint density at radius 3 is 3.00 bits per heavy atom. The minimum Gasteiger partial charge on any atom is -0.505 e. The van der Waals surface area contributed by atoms with Gasteiger partial charge in [0, 0.05) is 6.07 Å². The number of nitrogens with zero attached hydrogens (tertiary/aromatic N) is 2. The average molecular weight is 161 g/mol. The molecule has 0 saturated heterocycles. The third kappa shape index (κ3) is 0.906. The topological polar surface area (TPSA) is 37.0 Å². The van der Waals surface area contributed by atoms with Crippen molar-refractivity contribution in [2.75, 3.05) is 0 Å². The smallest absolute Gasteiger partial charge is 0.234 e. The van der Waals surface area contributed by atoms with Gasteiger partial charge in [-0.05, 0) is 6.07 Å². The second-order valence-corrected chi connectivity index (χ2v) is 2.68. The van der Waals surface area contributed by atoms with Gasteiger partial charge in [0.1, 0.15) is 12.8 Å². The summed E-state index contributed by atoms with van der Waals surface area (Å²) in [6, 6.07) is 5.36. The zero-order valence-corrected chi connectivity index (χ0v) is 6.73. The van der Waals surface area contributed by atoms with Crippen molar-refractivity contribution in [1.82, 2.24) is 4.98 Å². The van der Waals surface area contributed by atoms with E-state index in [1.165, 1.54) is 0 Å². The number of benzene rings is 1. The van der Waals surface area contributed by atoms with Gasteiger partial charge in [-0.25, -0.2) is 4.98 Å². The number of aryl methyl sites for hydroxylation is 1. The zero-order valence-electron chi connectivity index (χ0n) is 6.73. The summed E-state index contributed by atoms with van der Waals surface area (Å²) >= 11 is 0. The molecule has 3 heteroatoms. The van der Waals surface area contributed by atoms with E-state index in [4.69, 9.17) is 0 Å². The molecule has 2 aromatic rings. The van der Waals surface area contributed by atoms with Crippen molar-refractivity contribution in [3.8, 4) is 5.75 Å². The number of rotatable bonds is 0. The van der Waals surface area contributed by atoms with Crippen LogP contribution in [0.5, 0.6) is 5.75 Å². The largest absolute Gasteiger partial charge is 0.505 e. The number of fused-ring (bicyclic) bond motifs is 1. The molecule has 0 saturated carbocycles. The third-order valence-corrected chi connectivity index (χ3v) is 1.87. The molecule has 60 valence electrons. The van der Waals surface area contributed by atoms with E-state index in [9.17, 15) is 5.11 Å². The first-order valence-corrected chi connectivity index (χ1v) is 3.71. The Bertz CT molecular complexity index is 385. The van der Waals surface area contributed by atoms with Gasteiger partial charge < -0.3 is 5.11 Å². The SMILES string of the molecule is C[n+]1ccnc2c(O)cccc21. The quantitative estimate of drug-likeness (QED) is 0.579. The lowest BCUT2D eigenvalue weighted by molar-refractivity contribution is -0.645. The Morgan fingerprint density at radius 2 is 2.25 bits per heavy atom. The molecule has 1 aromatic heterocycles. The van der Waals surface area contributed by atoms with Crippen LogP contribution in [0.25, 0.3) is 11.0 Å². The maximum Gasteiger partial charge on any atom is 0.234 e. The molecule has 2 rings (SSSR count). The highest BCUT2D eigenvalue weighted by atomic mass is 16.3. The molecule has 0 fully saturated rings. The van der Waals surface area contributed by atoms with Crippen LogP contribution in [0.4, 0.5) is 0 Å². The number of aromatic nitrogens is 2. The van der Waals surface area contributed by atoms with E-state index in [1.54, 1.807) is 18.3 Å². The van der Waals surface area contributed by atoms with E-state index in [1.807, 2.05) is 23.9 Å². The van der Waals surface area contributed by atoms with Crippen LogP contribution in [0.1, 0.15) is 0 Å². The van der Waals surface area contributed by atoms with Crippen LogP contribution < -0.4 is 4.57 Å². The number of phenols is 1. The molecule has 12 heavy (non-hydrogen) atoms. The van der Waals surface area contributed by atoms with E-state index in [2.05, 4.69) is 4.98 Å². The van der Waals surface area contributed by atoms with Crippen molar-refractivity contribution < 1.29 is 9.67 Å². The predicted octanol–water partition coefficient (Wildman–Crippen LogP) is 0.765. The molecule has 0 radical (unpaired) electrons. The fraction of sp³-hybridized carbons (Fsp3) is 0.111. The second-order valence-electron chi connectivity index (χ2n) is 2.68. The number of hydrogen-bond acceptors (Lipinski definition) is 2. The lowest BCUT2D eigenvalue weighted by Crippen LogP contribution is -2.28. The Morgan fingerprint density at radius 1 is 1.42 bits per heavy atom. The Balaban J connectivity index is 2.94. The third-order valence-electron chi connectivity index (χ3n) is 1.87. The van der Waals surface area contributed by atoms with Crippen LogP contribution in [-0.4, -0.2) is 10.1 Å². The van der Waals surface area contributed by atoms with Gasteiger partial charge in [-0.1, -0.05) is 6.07 Å². The molecule has 1 N–H and O–H groups in total. The summed E-state index contributed by atoms with van der Waals surface area (Å²) in [5.41, 5.74) is 1.57. The van der Waals surface area contributed by atoms with Crippen LogP contribution >= 0.6 is 0 Å². The maximum absolute atomic E-state index is 9.42. The van der Waals surface area contributed by atoms with Gasteiger partial charge >= 0.3 is 0 Å². The highest BCUT2D eigenvalue weighted by Gasteiger charge is 2.07. The molecule has 0 unspecified atom stereocenters. The second kappa shape index (κ2) is 2.44. The van der Waals surface area contributed by atoms with E-state index in [-0.39, 0.29) is 5.75 Å². The van der Waals surface area contributed by atoms with Crippen LogP contribution in [-0.2, 0) is 7.05 Å². The van der Waals surface area contributed by atoms with Gasteiger partial charge in [0.15, 0.2) is 11.7 Å². The minimum absolute atomic E-state index is 0.226. The molecule has 0 aliphatic carbocycles. The summed E-state index contributed by atoms with van der Waals surface area (Å²) in [6.45, 7) is 0. The van der Waals surface area contributed by atoms with Gasteiger partial charge in [0.05, 0.1) is 6.20 Å². The minimum atomic E-state index is 0.226. The van der Waals surface area contributed by atoms with Gasteiger partial charge in [0.2, 0.25) is 5.52 Å². The molecule has 0 bridgehead atoms. The van der Waals surface area contributed by atoms with E-state index < -0.39 is 0 Å². The first-order chi connectivity index (χ1) is 5.79. The van der Waals surface area contributed by atoms with Gasteiger partial charge in [-0.3, -0.25) is 0 Å². The molecule has 3 nitrogen and oxygen atoms in total. The van der Waals surface area contributed by atoms with Crippen molar-refractivity contribution in [2.45, 2.75) is 0 Å². The van der Waals surface area contributed by atoms with Gasteiger partial charge in [-0.2, -0.15) is 4.57 Å². The van der Waals surface area contributed by atoms with Crippen LogP contribution in [0.2, 0.25) is 0 Å². The summed E-state index contributed by atoms with van der Waals surface area (Å²) < 4.78 is 1.92. The lowest BCUT2D eigenvalue weighted by atomic mass is 10.3. The highest BCUT2D eigenvalue weighted by Crippen LogP contribution is 2.17. The molecule has 0 spiro atoms. The average Bonchev–Trinajstić information content (AvgIpc) is 2.07. The molecule has 1 heterocycles. The number of para-hydroxylation sites is 1. The van der Waals surface area contributed by atoms with Crippen LogP contribution in [0.3, 0.4) is 0 Å². The van der Waals surface area contributed by atoms with Gasteiger partial charge in [-0.15, -0.1) is 0 Å². The first kappa shape index (κ1) is 7.03. The van der Waals surface area contributed by atoms with Crippen molar-refractivity contribution in [2.24, 2.45) is 7.05 Å². The summed E-state index contributed by atoms with van der Waals surface area (Å²) in [4.78, 5) is 4.07. The Kier molecular flexibility index (Phi) is 1.43. The predicted molar refractivity (Wildman–Crippen MR) is 44.6 cm³/mol. The van der Waals surface area contributed by atoms with Crippen molar-refractivity contribution in [3.05, 3.63) is 30.6 Å². The standard InChI is InChI=1S/C9H8N2O/c1-11-6-5-10-9-7(11)3-2-4-8(9)12/h2-6H,1H3/p+1. The van der Waals surface area contributed by atoms with Crippen LogP contribution in [0.15, 0.2) is 30.6 Å². The first-order valence-electron chi connectivity index (χ1n) is 3.71. The number of hydrogen-bond donors (Lipinski definition) is 1. The summed E-state index contributed by atoms with van der Waals surface area (Å²) in [5.74, 6) is 0.226. The fourth-order valence-electron chi connectivity index (χ4n) is 1.22. The molecular weight excluding hydrogens is 152 g/mol. The molecular formula is C9H9N2O+. The maximum atomic E-state index is 9.42. The van der Waals surface area contributed by atoms with E-state index >= 15 is 0 Å². The summed E-state index contributed by atoms with van der Waals surface area (Å²) in [5, 5.41) is 9.42. The molecule has 1 aromatic carbocycles. The summed E-state index contributed by atoms with van der Waals surface area (Å²) in [6.07, 6.45) is 3.52. The lowest BCUT2D eigenvalue weighted by Gasteiger charge is -1.96. The van der Waals surface area contributed by atoms with Gasteiger partial charge in [0.25, 0.3) is 0 Å². The van der Waals surface area contributed by atoms with Crippen molar-refractivity contribution in [1.29, 1.82) is 0 Å². The Hall–Kier alpha value is -1.64. The fourth-order valence-corrected chi connectivity index (χ4v) is 1.22. The van der Waals surface area contributed by atoms with E-state index in [0.717, 1.165) is 5.52 Å². The monoisotopic (exact) mass is 161 g/mol. The number of phenolic OH excluding ortho intramolecular Hbond substituents is 1. The van der Waals surface area contributed by atoms with Crippen molar-refractivity contribution >= 4 is 11.0 Å². The Labute approximate surface area is 69.9 Å². The van der Waals surface area contributed by atoms with Crippen molar-refractivity contribution in [3.63, 3.8) is 0 Å². The normalized spacial score (nSPS) is 10.4. The van der Waals surface area contributed by atoms with Crippen LogP contribution in [0, 0.1) is 0 Å². The number of aromatic hydroxyl groups is 1. The van der Waals surface area contributed by atoms with E-state index in [0.29, 0.717) is 5.52 Å². The summed E-state index contributed by atoms with van der Waals surface area (Å²) in [7, 11) is 1.92. The zero-order chi connectivity index (χ0) is 8.55.